The number of methoxy groups -OCH3 is 1. The molecule has 0 aromatic carbocycles. The summed E-state index contributed by atoms with van der Waals surface area (Å²) in [6.45, 7) is 2.32. The number of pyridine rings is 1. The maximum Gasteiger partial charge on any atom is 0.310 e. The Morgan fingerprint density at radius 2 is 2.25 bits per heavy atom. The Morgan fingerprint density at radius 3 is 2.80 bits per heavy atom. The Hall–Kier alpha value is -1.95. The van der Waals surface area contributed by atoms with Gasteiger partial charge in [0.2, 0.25) is 0 Å². The van der Waals surface area contributed by atoms with Crippen LogP contribution in [0.1, 0.15) is 23.7 Å². The lowest BCUT2D eigenvalue weighted by Gasteiger charge is -2.24. The van der Waals surface area contributed by atoms with Crippen molar-refractivity contribution in [3.8, 4) is 0 Å². The maximum absolute atomic E-state index is 12.3. The first kappa shape index (κ1) is 16.1. The van der Waals surface area contributed by atoms with Gasteiger partial charge >= 0.3 is 5.97 Å². The van der Waals surface area contributed by atoms with Crippen LogP contribution in [-0.2, 0) is 9.53 Å². The first-order valence-corrected chi connectivity index (χ1v) is 6.48. The quantitative estimate of drug-likeness (QED) is 0.744. The van der Waals surface area contributed by atoms with E-state index in [2.05, 4.69) is 9.72 Å². The highest BCUT2D eigenvalue weighted by atomic mass is 16.5. The SMILES string of the molecule is COC(=O)C(C)CN(CCCO)C(=O)c1cccnc1. The molecule has 6 heteroatoms. The summed E-state index contributed by atoms with van der Waals surface area (Å²) >= 11 is 0. The molecule has 1 heterocycles. The molecule has 0 saturated heterocycles. The zero-order valence-electron chi connectivity index (χ0n) is 11.8. The van der Waals surface area contributed by atoms with Crippen molar-refractivity contribution >= 4 is 11.9 Å². The van der Waals surface area contributed by atoms with Crippen LogP contribution in [0, 0.1) is 5.92 Å². The van der Waals surface area contributed by atoms with Crippen molar-refractivity contribution in [2.24, 2.45) is 5.92 Å². The van der Waals surface area contributed by atoms with Crippen LogP contribution >= 0.6 is 0 Å². The summed E-state index contributed by atoms with van der Waals surface area (Å²) in [5.74, 6) is -0.986. The van der Waals surface area contributed by atoms with E-state index in [1.54, 1.807) is 25.3 Å². The minimum absolute atomic E-state index is 0.0105. The highest BCUT2D eigenvalue weighted by molar-refractivity contribution is 5.94. The van der Waals surface area contributed by atoms with E-state index in [1.807, 2.05) is 0 Å². The number of amides is 1. The molecule has 0 saturated carbocycles. The molecule has 0 aliphatic carbocycles. The molecule has 1 aromatic rings. The van der Waals surface area contributed by atoms with Crippen molar-refractivity contribution in [3.05, 3.63) is 30.1 Å². The van der Waals surface area contributed by atoms with E-state index >= 15 is 0 Å². The highest BCUT2D eigenvalue weighted by Gasteiger charge is 2.22. The van der Waals surface area contributed by atoms with Gasteiger partial charge in [0.25, 0.3) is 5.91 Å². The topological polar surface area (TPSA) is 79.7 Å². The smallest absolute Gasteiger partial charge is 0.310 e. The first-order valence-electron chi connectivity index (χ1n) is 6.48. The predicted molar refractivity (Wildman–Crippen MR) is 73.0 cm³/mol. The van der Waals surface area contributed by atoms with Gasteiger partial charge in [-0.2, -0.15) is 0 Å². The number of rotatable bonds is 7. The number of esters is 1. The monoisotopic (exact) mass is 280 g/mol. The fraction of sp³-hybridized carbons (Fsp3) is 0.500. The van der Waals surface area contributed by atoms with Crippen LogP contribution in [0.25, 0.3) is 0 Å². The molecule has 0 fully saturated rings. The van der Waals surface area contributed by atoms with Gasteiger partial charge in [0.05, 0.1) is 18.6 Å². The molecule has 1 atom stereocenters. The maximum atomic E-state index is 12.3. The summed E-state index contributed by atoms with van der Waals surface area (Å²) < 4.78 is 4.66. The summed E-state index contributed by atoms with van der Waals surface area (Å²) in [6, 6.07) is 3.35. The van der Waals surface area contributed by atoms with Crippen LogP contribution in [0.3, 0.4) is 0 Å². The third-order valence-electron chi connectivity index (χ3n) is 2.88. The predicted octanol–water partition coefficient (Wildman–Crippen LogP) is 0.715. The number of carbonyl (C=O) groups excluding carboxylic acids is 2. The standard InChI is InChI=1S/C14H20N2O4/c1-11(14(19)20-2)10-16(7-4-8-17)13(18)12-5-3-6-15-9-12/h3,5-6,9,11,17H,4,7-8,10H2,1-2H3. The summed E-state index contributed by atoms with van der Waals surface area (Å²) in [6.07, 6.45) is 3.53. The second-order valence-electron chi connectivity index (χ2n) is 4.49. The van der Waals surface area contributed by atoms with Gasteiger partial charge in [-0.3, -0.25) is 14.6 Å². The Balaban J connectivity index is 2.78. The lowest BCUT2D eigenvalue weighted by molar-refractivity contribution is -0.145. The number of hydrogen-bond acceptors (Lipinski definition) is 5. The Labute approximate surface area is 118 Å². The third kappa shape index (κ3) is 4.62. The molecule has 1 aromatic heterocycles. The summed E-state index contributed by atoms with van der Waals surface area (Å²) in [5.41, 5.74) is 0.461. The Bertz CT molecular complexity index is 436. The molecule has 1 N–H and O–H groups in total. The summed E-state index contributed by atoms with van der Waals surface area (Å²) in [4.78, 5) is 29.3. The second-order valence-corrected chi connectivity index (χ2v) is 4.49. The fourth-order valence-corrected chi connectivity index (χ4v) is 1.82. The molecule has 0 radical (unpaired) electrons. The molecule has 0 aliphatic heterocycles. The minimum Gasteiger partial charge on any atom is -0.469 e. The molecular weight excluding hydrogens is 260 g/mol. The summed E-state index contributed by atoms with van der Waals surface area (Å²) in [5, 5.41) is 8.92. The van der Waals surface area contributed by atoms with Crippen LogP contribution in [0.15, 0.2) is 24.5 Å². The van der Waals surface area contributed by atoms with E-state index in [0.29, 0.717) is 18.5 Å². The average Bonchev–Trinajstić information content (AvgIpc) is 2.50. The van der Waals surface area contributed by atoms with Crippen LogP contribution in [0.4, 0.5) is 0 Å². The van der Waals surface area contributed by atoms with Gasteiger partial charge in [0, 0.05) is 32.1 Å². The molecule has 1 unspecified atom stereocenters. The fourth-order valence-electron chi connectivity index (χ4n) is 1.82. The normalized spacial score (nSPS) is 11.8. The van der Waals surface area contributed by atoms with Crippen molar-refractivity contribution in [3.63, 3.8) is 0 Å². The lowest BCUT2D eigenvalue weighted by Crippen LogP contribution is -2.38. The zero-order valence-corrected chi connectivity index (χ0v) is 11.8. The van der Waals surface area contributed by atoms with E-state index in [4.69, 9.17) is 5.11 Å². The van der Waals surface area contributed by atoms with E-state index in [-0.39, 0.29) is 25.0 Å². The Morgan fingerprint density at radius 1 is 1.50 bits per heavy atom. The van der Waals surface area contributed by atoms with Crippen LogP contribution in [0.2, 0.25) is 0 Å². The average molecular weight is 280 g/mol. The third-order valence-corrected chi connectivity index (χ3v) is 2.88. The lowest BCUT2D eigenvalue weighted by atomic mass is 10.1. The van der Waals surface area contributed by atoms with E-state index < -0.39 is 5.92 Å². The minimum atomic E-state index is -0.417. The molecule has 20 heavy (non-hydrogen) atoms. The molecule has 1 amide bonds. The number of aromatic nitrogens is 1. The van der Waals surface area contributed by atoms with Crippen molar-refractivity contribution in [2.75, 3.05) is 26.8 Å². The van der Waals surface area contributed by atoms with E-state index in [1.165, 1.54) is 18.2 Å². The molecule has 0 spiro atoms. The zero-order chi connectivity index (χ0) is 15.0. The van der Waals surface area contributed by atoms with Gasteiger partial charge in [-0.25, -0.2) is 0 Å². The van der Waals surface area contributed by atoms with Gasteiger partial charge < -0.3 is 14.7 Å². The number of hydrogen-bond donors (Lipinski definition) is 1. The van der Waals surface area contributed by atoms with Gasteiger partial charge in [0.15, 0.2) is 0 Å². The molecule has 1 rings (SSSR count). The number of ether oxygens (including phenoxy) is 1. The molecule has 0 bridgehead atoms. The van der Waals surface area contributed by atoms with Gasteiger partial charge in [-0.05, 0) is 18.6 Å². The van der Waals surface area contributed by atoms with Crippen LogP contribution in [-0.4, -0.2) is 53.7 Å². The van der Waals surface area contributed by atoms with Gasteiger partial charge in [-0.1, -0.05) is 6.92 Å². The second kappa shape index (κ2) is 8.27. The number of aliphatic hydroxyl groups is 1. The largest absolute Gasteiger partial charge is 0.469 e. The Kier molecular flexibility index (Phi) is 6.66. The van der Waals surface area contributed by atoms with Crippen LogP contribution < -0.4 is 0 Å². The number of carbonyl (C=O) groups is 2. The van der Waals surface area contributed by atoms with Crippen molar-refractivity contribution in [2.45, 2.75) is 13.3 Å². The van der Waals surface area contributed by atoms with Crippen molar-refractivity contribution in [1.29, 1.82) is 0 Å². The molecular formula is C14H20N2O4. The number of aliphatic hydroxyl groups excluding tert-OH is 1. The molecule has 110 valence electrons. The van der Waals surface area contributed by atoms with E-state index in [0.717, 1.165) is 0 Å². The van der Waals surface area contributed by atoms with Crippen molar-refractivity contribution in [1.82, 2.24) is 9.88 Å². The number of nitrogens with zero attached hydrogens (tertiary/aromatic N) is 2. The van der Waals surface area contributed by atoms with Crippen LogP contribution in [0.5, 0.6) is 0 Å². The first-order chi connectivity index (χ1) is 9.60. The van der Waals surface area contributed by atoms with Crippen molar-refractivity contribution < 1.29 is 19.4 Å². The highest BCUT2D eigenvalue weighted by Crippen LogP contribution is 2.09. The van der Waals surface area contributed by atoms with Gasteiger partial charge in [-0.15, -0.1) is 0 Å². The molecule has 6 nitrogen and oxygen atoms in total. The molecule has 0 aliphatic rings. The van der Waals surface area contributed by atoms with Gasteiger partial charge in [0.1, 0.15) is 0 Å². The summed E-state index contributed by atoms with van der Waals surface area (Å²) in [7, 11) is 1.32. The van der Waals surface area contributed by atoms with E-state index in [9.17, 15) is 9.59 Å².